The van der Waals surface area contributed by atoms with Crippen LogP contribution in [0.2, 0.25) is 0 Å². The van der Waals surface area contributed by atoms with Gasteiger partial charge < -0.3 is 11.1 Å². The lowest BCUT2D eigenvalue weighted by Crippen LogP contribution is -2.50. The van der Waals surface area contributed by atoms with E-state index in [-0.39, 0.29) is 35.3 Å². The summed E-state index contributed by atoms with van der Waals surface area (Å²) in [5.74, 6) is -0.675. The van der Waals surface area contributed by atoms with E-state index in [9.17, 15) is 35.5 Å². The highest BCUT2D eigenvalue weighted by Crippen LogP contribution is 2.53. The van der Waals surface area contributed by atoms with Crippen molar-refractivity contribution in [2.24, 2.45) is 5.73 Å². The SMILES string of the molecule is CCc1cc(C(F)(C(F)(F)F)C(F)(F)F)cc(C)c1NC(=O)c1ccc(CN)c(-n2cccn2)c1. The van der Waals surface area contributed by atoms with Gasteiger partial charge in [0.25, 0.3) is 5.91 Å². The van der Waals surface area contributed by atoms with Gasteiger partial charge in [0.05, 0.1) is 5.69 Å². The lowest BCUT2D eigenvalue weighted by molar-refractivity contribution is -0.348. The van der Waals surface area contributed by atoms with Crippen molar-refractivity contribution in [1.29, 1.82) is 0 Å². The van der Waals surface area contributed by atoms with Crippen molar-refractivity contribution < 1.29 is 35.5 Å². The Balaban J connectivity index is 2.03. The second-order valence-corrected chi connectivity index (χ2v) is 7.79. The molecule has 0 atom stereocenters. The number of amides is 1. The molecule has 0 aliphatic carbocycles. The molecule has 0 fully saturated rings. The van der Waals surface area contributed by atoms with Gasteiger partial charge in [-0.3, -0.25) is 4.79 Å². The van der Waals surface area contributed by atoms with Gasteiger partial charge >= 0.3 is 18.0 Å². The molecule has 5 nitrogen and oxygen atoms in total. The number of nitrogens with one attached hydrogen (secondary N) is 1. The Kier molecular flexibility index (Phi) is 6.98. The van der Waals surface area contributed by atoms with Crippen LogP contribution in [0.5, 0.6) is 0 Å². The van der Waals surface area contributed by atoms with Gasteiger partial charge in [-0.25, -0.2) is 9.07 Å². The minimum Gasteiger partial charge on any atom is -0.326 e. The van der Waals surface area contributed by atoms with Crippen molar-refractivity contribution in [3.8, 4) is 5.69 Å². The molecule has 1 heterocycles. The fraction of sp³-hybridized carbons (Fsp3) is 0.304. The monoisotopic (exact) mass is 502 g/mol. The Bertz CT molecular complexity index is 1200. The average Bonchev–Trinajstić information content (AvgIpc) is 3.32. The van der Waals surface area contributed by atoms with E-state index < -0.39 is 29.5 Å². The van der Waals surface area contributed by atoms with E-state index in [1.807, 2.05) is 0 Å². The maximum absolute atomic E-state index is 14.6. The number of nitrogens with zero attached hydrogens (tertiary/aromatic N) is 2. The van der Waals surface area contributed by atoms with E-state index in [1.165, 1.54) is 36.9 Å². The first kappa shape index (κ1) is 26.2. The van der Waals surface area contributed by atoms with Crippen LogP contribution in [0.1, 0.15) is 39.5 Å². The van der Waals surface area contributed by atoms with Crippen molar-refractivity contribution in [3.05, 3.63) is 76.6 Å². The van der Waals surface area contributed by atoms with Crippen LogP contribution in [-0.2, 0) is 18.6 Å². The molecule has 1 amide bonds. The van der Waals surface area contributed by atoms with Crippen molar-refractivity contribution in [1.82, 2.24) is 9.78 Å². The van der Waals surface area contributed by atoms with Crippen molar-refractivity contribution >= 4 is 11.6 Å². The number of carbonyl (C=O) groups excluding carboxylic acids is 1. The largest absolute Gasteiger partial charge is 0.435 e. The van der Waals surface area contributed by atoms with E-state index in [0.717, 1.165) is 0 Å². The lowest BCUT2D eigenvalue weighted by Gasteiger charge is -2.31. The number of halogens is 7. The Morgan fingerprint density at radius 1 is 1.03 bits per heavy atom. The van der Waals surface area contributed by atoms with Crippen LogP contribution in [0.4, 0.5) is 36.4 Å². The third-order valence-electron chi connectivity index (χ3n) is 5.53. The van der Waals surface area contributed by atoms with Gasteiger partial charge in [-0.15, -0.1) is 0 Å². The first-order chi connectivity index (χ1) is 16.2. The molecule has 3 aromatic rings. The molecule has 2 aromatic carbocycles. The van der Waals surface area contributed by atoms with E-state index in [4.69, 9.17) is 5.73 Å². The maximum Gasteiger partial charge on any atom is 0.435 e. The summed E-state index contributed by atoms with van der Waals surface area (Å²) in [4.78, 5) is 13.0. The molecule has 1 aromatic heterocycles. The number of aryl methyl sites for hydroxylation is 2. The van der Waals surface area contributed by atoms with Crippen LogP contribution in [0, 0.1) is 6.92 Å². The number of anilines is 1. The lowest BCUT2D eigenvalue weighted by atomic mass is 9.89. The summed E-state index contributed by atoms with van der Waals surface area (Å²) in [5, 5.41) is 6.63. The minimum atomic E-state index is -6.24. The third kappa shape index (κ3) is 4.75. The number of alkyl halides is 7. The van der Waals surface area contributed by atoms with E-state index >= 15 is 0 Å². The van der Waals surface area contributed by atoms with Crippen molar-refractivity contribution in [2.75, 3.05) is 5.32 Å². The average molecular weight is 502 g/mol. The zero-order chi connectivity index (χ0) is 26.2. The molecule has 0 aliphatic heterocycles. The third-order valence-corrected chi connectivity index (χ3v) is 5.53. The maximum atomic E-state index is 14.6. The molecule has 35 heavy (non-hydrogen) atoms. The van der Waals surface area contributed by atoms with Crippen LogP contribution in [0.15, 0.2) is 48.8 Å². The number of hydrogen-bond acceptors (Lipinski definition) is 3. The van der Waals surface area contributed by atoms with Crippen LogP contribution in [0.3, 0.4) is 0 Å². The number of nitrogens with two attached hydrogens (primary N) is 1. The predicted octanol–water partition coefficient (Wildman–Crippen LogP) is 5.74. The number of benzene rings is 2. The quantitative estimate of drug-likeness (QED) is 0.422. The molecule has 188 valence electrons. The van der Waals surface area contributed by atoms with Gasteiger partial charge in [-0.1, -0.05) is 19.1 Å². The Hall–Kier alpha value is -3.41. The molecule has 0 bridgehead atoms. The zero-order valence-corrected chi connectivity index (χ0v) is 18.6. The molecule has 0 saturated heterocycles. The molecule has 12 heteroatoms. The fourth-order valence-corrected chi connectivity index (χ4v) is 3.69. The number of rotatable bonds is 6. The number of carbonyl (C=O) groups is 1. The topological polar surface area (TPSA) is 72.9 Å². The fourth-order valence-electron chi connectivity index (χ4n) is 3.69. The summed E-state index contributed by atoms with van der Waals surface area (Å²) in [7, 11) is 0. The van der Waals surface area contributed by atoms with E-state index in [1.54, 1.807) is 18.3 Å². The first-order valence-electron chi connectivity index (χ1n) is 10.3. The van der Waals surface area contributed by atoms with Crippen molar-refractivity contribution in [2.45, 2.75) is 44.8 Å². The van der Waals surface area contributed by atoms with Crippen molar-refractivity contribution in [3.63, 3.8) is 0 Å². The number of hydrogen-bond donors (Lipinski definition) is 2. The van der Waals surface area contributed by atoms with E-state index in [2.05, 4.69) is 10.4 Å². The molecule has 3 N–H and O–H groups in total. The summed E-state index contributed by atoms with van der Waals surface area (Å²) in [5.41, 5.74) is -0.328. The van der Waals surface area contributed by atoms with Gasteiger partial charge in [0.2, 0.25) is 0 Å². The molecule has 3 rings (SSSR count). The smallest absolute Gasteiger partial charge is 0.326 e. The molecule has 0 aliphatic rings. The Morgan fingerprint density at radius 2 is 1.69 bits per heavy atom. The zero-order valence-electron chi connectivity index (χ0n) is 18.6. The summed E-state index contributed by atoms with van der Waals surface area (Å²) in [6, 6.07) is 7.17. The molecule has 0 radical (unpaired) electrons. The van der Waals surface area contributed by atoms with Gasteiger partial charge in [-0.05, 0) is 54.3 Å². The standard InChI is InChI=1S/C23H21F7N4O/c1-3-14-10-17(21(24,22(25,26)27)23(28,29)30)9-13(2)19(14)33-20(35)15-5-6-16(12-31)18(11-15)34-8-4-7-32-34/h4-11H,3,12,31H2,1-2H3,(H,33,35). The van der Waals surface area contributed by atoms with Gasteiger partial charge in [-0.2, -0.15) is 31.4 Å². The second-order valence-electron chi connectivity index (χ2n) is 7.79. The minimum absolute atomic E-state index is 0.00325. The van der Waals surface area contributed by atoms with E-state index in [0.29, 0.717) is 23.4 Å². The summed E-state index contributed by atoms with van der Waals surface area (Å²) in [6.45, 7) is 2.81. The first-order valence-corrected chi connectivity index (χ1v) is 10.3. The highest BCUT2D eigenvalue weighted by molar-refractivity contribution is 6.05. The molecule has 0 spiro atoms. The van der Waals surface area contributed by atoms with Crippen LogP contribution < -0.4 is 11.1 Å². The molecular weight excluding hydrogens is 481 g/mol. The summed E-state index contributed by atoms with van der Waals surface area (Å²) >= 11 is 0. The van der Waals surface area contributed by atoms with Crippen LogP contribution >= 0.6 is 0 Å². The molecule has 0 unspecified atom stereocenters. The summed E-state index contributed by atoms with van der Waals surface area (Å²) in [6.07, 6.45) is -9.38. The van der Waals surface area contributed by atoms with Gasteiger partial charge in [0, 0.05) is 35.8 Å². The normalized spacial score (nSPS) is 12.6. The Morgan fingerprint density at radius 3 is 2.20 bits per heavy atom. The molecular formula is C23H21F7N4O. The van der Waals surface area contributed by atoms with Gasteiger partial charge in [0.15, 0.2) is 0 Å². The highest BCUT2D eigenvalue weighted by atomic mass is 19.4. The van der Waals surface area contributed by atoms with Crippen LogP contribution in [0.25, 0.3) is 5.69 Å². The highest BCUT2D eigenvalue weighted by Gasteiger charge is 2.73. The second kappa shape index (κ2) is 9.33. The Labute approximate surface area is 195 Å². The summed E-state index contributed by atoms with van der Waals surface area (Å²) < 4.78 is 95.4. The predicted molar refractivity (Wildman–Crippen MR) is 115 cm³/mol. The van der Waals surface area contributed by atoms with Gasteiger partial charge in [0.1, 0.15) is 0 Å². The number of aromatic nitrogens is 2. The van der Waals surface area contributed by atoms with Crippen LogP contribution in [-0.4, -0.2) is 28.0 Å². The molecule has 0 saturated carbocycles.